The number of benzene rings is 1. The first kappa shape index (κ1) is 17.1. The standard InChI is InChI=1S/C17H24BrNO3/c1-11-7-5-6-8-13(11)19(2)17(20)12-9-14(21-3)16(18)15(10-12)22-4/h9-11,13H,5-8H2,1-4H3/t11-,13-/m0/s1. The van der Waals surface area contributed by atoms with Crippen molar-refractivity contribution in [1.82, 2.24) is 4.90 Å². The summed E-state index contributed by atoms with van der Waals surface area (Å²) >= 11 is 3.43. The highest BCUT2D eigenvalue weighted by Gasteiger charge is 2.29. The van der Waals surface area contributed by atoms with Crippen LogP contribution in [0.5, 0.6) is 11.5 Å². The van der Waals surface area contributed by atoms with Crippen molar-refractivity contribution in [3.63, 3.8) is 0 Å². The summed E-state index contributed by atoms with van der Waals surface area (Å²) in [6, 6.07) is 3.83. The van der Waals surface area contributed by atoms with Crippen molar-refractivity contribution in [2.75, 3.05) is 21.3 Å². The van der Waals surface area contributed by atoms with E-state index in [2.05, 4.69) is 22.9 Å². The maximum Gasteiger partial charge on any atom is 0.254 e. The molecule has 2 rings (SSSR count). The van der Waals surface area contributed by atoms with E-state index in [4.69, 9.17) is 9.47 Å². The van der Waals surface area contributed by atoms with E-state index in [0.29, 0.717) is 29.0 Å². The van der Waals surface area contributed by atoms with Gasteiger partial charge in [0.15, 0.2) is 0 Å². The summed E-state index contributed by atoms with van der Waals surface area (Å²) in [7, 11) is 5.07. The van der Waals surface area contributed by atoms with Crippen molar-refractivity contribution in [3.05, 3.63) is 22.2 Å². The minimum absolute atomic E-state index is 0.0165. The molecule has 0 radical (unpaired) electrons. The van der Waals surface area contributed by atoms with Crippen LogP contribution in [0.3, 0.4) is 0 Å². The van der Waals surface area contributed by atoms with Crippen molar-refractivity contribution in [2.45, 2.75) is 38.6 Å². The summed E-state index contributed by atoms with van der Waals surface area (Å²) < 4.78 is 11.4. The van der Waals surface area contributed by atoms with Crippen LogP contribution in [0, 0.1) is 5.92 Å². The molecule has 22 heavy (non-hydrogen) atoms. The summed E-state index contributed by atoms with van der Waals surface area (Å²) in [4.78, 5) is 14.7. The van der Waals surface area contributed by atoms with Gasteiger partial charge in [0.05, 0.1) is 14.2 Å². The fourth-order valence-corrected chi connectivity index (χ4v) is 3.77. The molecular formula is C17H24BrNO3. The minimum atomic E-state index is 0.0165. The van der Waals surface area contributed by atoms with Crippen LogP contribution in [-0.4, -0.2) is 38.1 Å². The summed E-state index contributed by atoms with van der Waals surface area (Å²) in [6.07, 6.45) is 4.72. The summed E-state index contributed by atoms with van der Waals surface area (Å²) in [5, 5.41) is 0. The lowest BCUT2D eigenvalue weighted by molar-refractivity contribution is 0.0628. The second-order valence-electron chi connectivity index (χ2n) is 5.94. The van der Waals surface area contributed by atoms with E-state index in [0.717, 1.165) is 10.9 Å². The molecule has 0 spiro atoms. The average Bonchev–Trinajstić information content (AvgIpc) is 2.54. The molecule has 1 saturated carbocycles. The monoisotopic (exact) mass is 369 g/mol. The van der Waals surface area contributed by atoms with Gasteiger partial charge in [-0.1, -0.05) is 19.8 Å². The first-order valence-electron chi connectivity index (χ1n) is 7.68. The summed E-state index contributed by atoms with van der Waals surface area (Å²) in [6.45, 7) is 2.23. The number of carbonyl (C=O) groups is 1. The van der Waals surface area contributed by atoms with Gasteiger partial charge in [-0.25, -0.2) is 0 Å². The third-order valence-electron chi connectivity index (χ3n) is 4.58. The zero-order chi connectivity index (χ0) is 16.3. The molecule has 1 aromatic carbocycles. The van der Waals surface area contributed by atoms with Crippen LogP contribution in [0.2, 0.25) is 0 Å². The molecule has 1 aliphatic carbocycles. The Bertz CT molecular complexity index is 522. The molecule has 0 saturated heterocycles. The van der Waals surface area contributed by atoms with Crippen molar-refractivity contribution in [2.24, 2.45) is 5.92 Å². The first-order valence-corrected chi connectivity index (χ1v) is 8.47. The lowest BCUT2D eigenvalue weighted by atomic mass is 9.85. The largest absolute Gasteiger partial charge is 0.495 e. The third-order valence-corrected chi connectivity index (χ3v) is 5.36. The second-order valence-corrected chi connectivity index (χ2v) is 6.73. The lowest BCUT2D eigenvalue weighted by Crippen LogP contribution is -2.42. The number of halogens is 1. The van der Waals surface area contributed by atoms with Gasteiger partial charge in [0.2, 0.25) is 0 Å². The average molecular weight is 370 g/mol. The van der Waals surface area contributed by atoms with Gasteiger partial charge in [0, 0.05) is 18.7 Å². The molecule has 1 amide bonds. The normalized spacial score (nSPS) is 21.3. The number of carbonyl (C=O) groups excluding carboxylic acids is 1. The molecule has 0 aromatic heterocycles. The topological polar surface area (TPSA) is 38.8 Å². The molecule has 1 aliphatic rings. The van der Waals surface area contributed by atoms with Crippen LogP contribution in [0.15, 0.2) is 16.6 Å². The quantitative estimate of drug-likeness (QED) is 0.801. The molecule has 2 atom stereocenters. The van der Waals surface area contributed by atoms with Crippen LogP contribution in [0.1, 0.15) is 43.0 Å². The van der Waals surface area contributed by atoms with Crippen LogP contribution in [0.4, 0.5) is 0 Å². The number of nitrogens with zero attached hydrogens (tertiary/aromatic N) is 1. The molecular weight excluding hydrogens is 346 g/mol. The molecule has 0 unspecified atom stereocenters. The zero-order valence-corrected chi connectivity index (χ0v) is 15.3. The Kier molecular flexibility index (Phi) is 5.73. The van der Waals surface area contributed by atoms with Gasteiger partial charge in [0.25, 0.3) is 5.91 Å². The maximum atomic E-state index is 12.8. The molecule has 0 bridgehead atoms. The van der Waals surface area contributed by atoms with Gasteiger partial charge >= 0.3 is 0 Å². The first-order chi connectivity index (χ1) is 10.5. The number of hydrogen-bond donors (Lipinski definition) is 0. The van der Waals surface area contributed by atoms with Gasteiger partial charge in [0.1, 0.15) is 16.0 Å². The van der Waals surface area contributed by atoms with E-state index < -0.39 is 0 Å². The number of amides is 1. The molecule has 0 heterocycles. The Morgan fingerprint density at radius 1 is 1.18 bits per heavy atom. The number of methoxy groups -OCH3 is 2. The smallest absolute Gasteiger partial charge is 0.254 e. The maximum absolute atomic E-state index is 12.8. The van der Waals surface area contributed by atoms with E-state index in [1.807, 2.05) is 11.9 Å². The summed E-state index contributed by atoms with van der Waals surface area (Å²) in [5.74, 6) is 1.77. The van der Waals surface area contributed by atoms with Crippen LogP contribution >= 0.6 is 15.9 Å². The molecule has 0 N–H and O–H groups in total. The van der Waals surface area contributed by atoms with E-state index in [9.17, 15) is 4.79 Å². The highest BCUT2D eigenvalue weighted by atomic mass is 79.9. The van der Waals surface area contributed by atoms with Crippen LogP contribution in [0.25, 0.3) is 0 Å². The van der Waals surface area contributed by atoms with E-state index in [1.165, 1.54) is 19.3 Å². The Balaban J connectivity index is 2.28. The van der Waals surface area contributed by atoms with E-state index in [-0.39, 0.29) is 5.91 Å². The number of ether oxygens (including phenoxy) is 2. The SMILES string of the molecule is COc1cc(C(=O)N(C)[C@H]2CCCC[C@@H]2C)cc(OC)c1Br. The van der Waals surface area contributed by atoms with Crippen molar-refractivity contribution in [1.29, 1.82) is 0 Å². The Morgan fingerprint density at radius 2 is 1.73 bits per heavy atom. The third kappa shape index (κ3) is 3.40. The van der Waals surface area contributed by atoms with Crippen LogP contribution < -0.4 is 9.47 Å². The van der Waals surface area contributed by atoms with E-state index >= 15 is 0 Å². The second kappa shape index (κ2) is 7.36. The fraction of sp³-hybridized carbons (Fsp3) is 0.588. The number of hydrogen-bond acceptors (Lipinski definition) is 3. The van der Waals surface area contributed by atoms with Crippen molar-refractivity contribution in [3.8, 4) is 11.5 Å². The van der Waals surface area contributed by atoms with Gasteiger partial charge < -0.3 is 14.4 Å². The zero-order valence-electron chi connectivity index (χ0n) is 13.7. The van der Waals surface area contributed by atoms with Crippen LogP contribution in [-0.2, 0) is 0 Å². The Hall–Kier alpha value is -1.23. The lowest BCUT2D eigenvalue weighted by Gasteiger charge is -2.36. The van der Waals surface area contributed by atoms with Crippen molar-refractivity contribution >= 4 is 21.8 Å². The van der Waals surface area contributed by atoms with Gasteiger partial charge in [-0.15, -0.1) is 0 Å². The highest BCUT2D eigenvalue weighted by molar-refractivity contribution is 9.10. The fourth-order valence-electron chi connectivity index (χ4n) is 3.22. The highest BCUT2D eigenvalue weighted by Crippen LogP contribution is 2.36. The van der Waals surface area contributed by atoms with Crippen molar-refractivity contribution < 1.29 is 14.3 Å². The Morgan fingerprint density at radius 3 is 2.23 bits per heavy atom. The van der Waals surface area contributed by atoms with E-state index in [1.54, 1.807) is 26.4 Å². The molecule has 0 aliphatic heterocycles. The summed E-state index contributed by atoms with van der Waals surface area (Å²) in [5.41, 5.74) is 0.595. The molecule has 122 valence electrons. The van der Waals surface area contributed by atoms with Gasteiger partial charge in [-0.3, -0.25) is 4.79 Å². The molecule has 1 fully saturated rings. The van der Waals surface area contributed by atoms with Gasteiger partial charge in [-0.05, 0) is 46.8 Å². The number of rotatable bonds is 4. The Labute approximate surface area is 140 Å². The van der Waals surface area contributed by atoms with Gasteiger partial charge in [-0.2, -0.15) is 0 Å². The predicted molar refractivity (Wildman–Crippen MR) is 90.8 cm³/mol. The molecule has 5 heteroatoms. The predicted octanol–water partition coefficient (Wildman–Crippen LogP) is 4.12. The molecule has 4 nitrogen and oxygen atoms in total. The minimum Gasteiger partial charge on any atom is -0.495 e. The molecule has 1 aromatic rings.